The summed E-state index contributed by atoms with van der Waals surface area (Å²) in [5.74, 6) is 0. The van der Waals surface area contributed by atoms with Gasteiger partial charge in [-0.3, -0.25) is 0 Å². The molecule has 2 aromatic rings. The third kappa shape index (κ3) is 3.68. The molecule has 0 amide bonds. The fourth-order valence-electron chi connectivity index (χ4n) is 1.96. The van der Waals surface area contributed by atoms with Gasteiger partial charge in [-0.25, -0.2) is 9.97 Å². The smallest absolute Gasteiger partial charge is 0.141 e. The maximum Gasteiger partial charge on any atom is 0.141 e. The minimum atomic E-state index is 0. The average molecular weight is 282 g/mol. The molecule has 0 aliphatic heterocycles. The van der Waals surface area contributed by atoms with Crippen LogP contribution in [0.5, 0.6) is 0 Å². The first kappa shape index (κ1) is 15.5. The topological polar surface area (TPSA) is 48.1 Å². The molecule has 0 bridgehead atoms. The van der Waals surface area contributed by atoms with Gasteiger partial charge in [-0.15, -0.1) is 12.4 Å². The first-order chi connectivity index (χ1) is 8.58. The molecule has 0 radical (unpaired) electrons. The first-order valence-electron chi connectivity index (χ1n) is 5.88. The quantitative estimate of drug-likeness (QED) is 0.929. The molecule has 0 atom stereocenters. The van der Waals surface area contributed by atoms with Crippen LogP contribution in [-0.2, 0) is 0 Å². The fourth-order valence-corrected chi connectivity index (χ4v) is 1.96. The van der Waals surface area contributed by atoms with Crippen LogP contribution in [0.1, 0.15) is 5.69 Å². The standard InChI is InChI=1S/C13H19N5.ClH/c1-17(2)7-10(8-18(3)4)12-11-5-6-14-13(11)16-9-15-12;/h5-7,9H,8H2,1-4H3,(H,14,15,16);1H. The molecule has 0 saturated carbocycles. The van der Waals surface area contributed by atoms with Crippen LogP contribution >= 0.6 is 12.4 Å². The molecule has 0 fully saturated rings. The monoisotopic (exact) mass is 281 g/mol. The zero-order valence-electron chi connectivity index (χ0n) is 11.7. The summed E-state index contributed by atoms with van der Waals surface area (Å²) >= 11 is 0. The Morgan fingerprint density at radius 3 is 2.63 bits per heavy atom. The number of aromatic nitrogens is 3. The highest BCUT2D eigenvalue weighted by molar-refractivity contribution is 5.88. The van der Waals surface area contributed by atoms with Crippen LogP contribution in [0.15, 0.2) is 24.8 Å². The van der Waals surface area contributed by atoms with Gasteiger partial charge in [-0.05, 0) is 20.2 Å². The Morgan fingerprint density at radius 2 is 2.00 bits per heavy atom. The van der Waals surface area contributed by atoms with Gasteiger partial charge >= 0.3 is 0 Å². The minimum absolute atomic E-state index is 0. The van der Waals surface area contributed by atoms with Crippen LogP contribution < -0.4 is 0 Å². The third-order valence-electron chi connectivity index (χ3n) is 2.56. The molecule has 104 valence electrons. The van der Waals surface area contributed by atoms with Crippen molar-refractivity contribution in [1.29, 1.82) is 0 Å². The van der Waals surface area contributed by atoms with E-state index in [-0.39, 0.29) is 12.4 Å². The highest BCUT2D eigenvalue weighted by Crippen LogP contribution is 2.21. The van der Waals surface area contributed by atoms with Crippen LogP contribution in [0.2, 0.25) is 0 Å². The summed E-state index contributed by atoms with van der Waals surface area (Å²) in [7, 11) is 8.15. The molecule has 6 heteroatoms. The summed E-state index contributed by atoms with van der Waals surface area (Å²) in [6, 6.07) is 2.02. The molecule has 2 aromatic heterocycles. The SMILES string of the molecule is CN(C)C=C(CN(C)C)c1ncnc2[nH]ccc12.Cl. The van der Waals surface area contributed by atoms with E-state index in [9.17, 15) is 0 Å². The van der Waals surface area contributed by atoms with Crippen LogP contribution in [0.25, 0.3) is 16.6 Å². The van der Waals surface area contributed by atoms with Gasteiger partial charge in [0, 0.05) is 44.0 Å². The van der Waals surface area contributed by atoms with Crippen molar-refractivity contribution >= 4 is 29.0 Å². The van der Waals surface area contributed by atoms with Crippen molar-refractivity contribution in [3.63, 3.8) is 0 Å². The summed E-state index contributed by atoms with van der Waals surface area (Å²) in [5.41, 5.74) is 3.05. The summed E-state index contributed by atoms with van der Waals surface area (Å²) in [6.07, 6.45) is 5.61. The normalized spacial score (nSPS) is 11.7. The molecule has 0 saturated heterocycles. The Balaban J connectivity index is 0.00000180. The molecule has 0 unspecified atom stereocenters. The maximum atomic E-state index is 4.43. The number of aromatic amines is 1. The van der Waals surface area contributed by atoms with Crippen LogP contribution in [0.4, 0.5) is 0 Å². The van der Waals surface area contributed by atoms with Crippen LogP contribution in [0.3, 0.4) is 0 Å². The van der Waals surface area contributed by atoms with Gasteiger partial charge in [0.25, 0.3) is 0 Å². The fraction of sp³-hybridized carbons (Fsp3) is 0.385. The molecule has 19 heavy (non-hydrogen) atoms. The van der Waals surface area contributed by atoms with E-state index in [0.29, 0.717) is 0 Å². The van der Waals surface area contributed by atoms with E-state index in [1.54, 1.807) is 6.33 Å². The summed E-state index contributed by atoms with van der Waals surface area (Å²) in [6.45, 7) is 0.843. The molecule has 2 heterocycles. The highest BCUT2D eigenvalue weighted by atomic mass is 35.5. The summed E-state index contributed by atoms with van der Waals surface area (Å²) in [4.78, 5) is 15.9. The predicted molar refractivity (Wildman–Crippen MR) is 81.4 cm³/mol. The van der Waals surface area contributed by atoms with E-state index in [1.165, 1.54) is 5.57 Å². The Kier molecular flexibility index (Phi) is 5.32. The molecular weight excluding hydrogens is 262 g/mol. The van der Waals surface area contributed by atoms with E-state index in [0.717, 1.165) is 23.3 Å². The Labute approximate surface area is 119 Å². The number of hydrogen-bond acceptors (Lipinski definition) is 4. The van der Waals surface area contributed by atoms with Gasteiger partial charge in [0.05, 0.1) is 5.69 Å². The second-order valence-electron chi connectivity index (χ2n) is 4.82. The summed E-state index contributed by atoms with van der Waals surface area (Å²) < 4.78 is 0. The molecule has 0 aliphatic rings. The molecule has 5 nitrogen and oxygen atoms in total. The average Bonchev–Trinajstić information content (AvgIpc) is 2.74. The van der Waals surface area contributed by atoms with Crippen LogP contribution in [-0.4, -0.2) is 59.5 Å². The van der Waals surface area contributed by atoms with E-state index in [2.05, 4.69) is 40.1 Å². The number of H-pyrrole nitrogens is 1. The predicted octanol–water partition coefficient (Wildman–Crippen LogP) is 1.84. The lowest BCUT2D eigenvalue weighted by molar-refractivity contribution is 0.458. The lowest BCUT2D eigenvalue weighted by atomic mass is 10.1. The third-order valence-corrected chi connectivity index (χ3v) is 2.56. The van der Waals surface area contributed by atoms with Gasteiger partial charge < -0.3 is 14.8 Å². The van der Waals surface area contributed by atoms with Gasteiger partial charge in [0.15, 0.2) is 0 Å². The van der Waals surface area contributed by atoms with Gasteiger partial charge in [0.2, 0.25) is 0 Å². The van der Waals surface area contributed by atoms with Crippen molar-refractivity contribution in [3.05, 3.63) is 30.5 Å². The second kappa shape index (κ2) is 6.54. The Morgan fingerprint density at radius 1 is 1.26 bits per heavy atom. The number of halogens is 1. The van der Waals surface area contributed by atoms with Crippen molar-refractivity contribution in [2.45, 2.75) is 0 Å². The van der Waals surface area contributed by atoms with E-state index >= 15 is 0 Å². The van der Waals surface area contributed by atoms with Gasteiger partial charge in [-0.2, -0.15) is 0 Å². The van der Waals surface area contributed by atoms with Crippen molar-refractivity contribution < 1.29 is 0 Å². The molecule has 0 aromatic carbocycles. The van der Waals surface area contributed by atoms with E-state index in [1.807, 2.05) is 31.3 Å². The van der Waals surface area contributed by atoms with Crippen molar-refractivity contribution in [3.8, 4) is 0 Å². The van der Waals surface area contributed by atoms with Crippen molar-refractivity contribution in [2.24, 2.45) is 0 Å². The molecule has 0 aliphatic carbocycles. The van der Waals surface area contributed by atoms with E-state index in [4.69, 9.17) is 0 Å². The molecule has 1 N–H and O–H groups in total. The molecule has 2 rings (SSSR count). The number of likely N-dealkylation sites (N-methyl/N-ethyl adjacent to an activating group) is 1. The zero-order valence-corrected chi connectivity index (χ0v) is 12.5. The first-order valence-corrected chi connectivity index (χ1v) is 5.88. The lowest BCUT2D eigenvalue weighted by Gasteiger charge is -2.16. The van der Waals surface area contributed by atoms with E-state index < -0.39 is 0 Å². The highest BCUT2D eigenvalue weighted by Gasteiger charge is 2.11. The number of nitrogens with one attached hydrogen (secondary N) is 1. The molecular formula is C13H20ClN5. The largest absolute Gasteiger partial charge is 0.383 e. The van der Waals surface area contributed by atoms with Crippen LogP contribution in [0, 0.1) is 0 Å². The van der Waals surface area contributed by atoms with Gasteiger partial charge in [0.1, 0.15) is 12.0 Å². The Bertz CT molecular complexity index is 559. The number of fused-ring (bicyclic) bond motifs is 1. The number of rotatable bonds is 4. The molecule has 0 spiro atoms. The zero-order chi connectivity index (χ0) is 13.1. The minimum Gasteiger partial charge on any atom is -0.383 e. The number of hydrogen-bond donors (Lipinski definition) is 1. The Hall–Kier alpha value is -1.59. The van der Waals surface area contributed by atoms with Crippen molar-refractivity contribution in [2.75, 3.05) is 34.7 Å². The van der Waals surface area contributed by atoms with Crippen molar-refractivity contribution in [1.82, 2.24) is 24.8 Å². The summed E-state index contributed by atoms with van der Waals surface area (Å²) in [5, 5.41) is 1.06. The lowest BCUT2D eigenvalue weighted by Crippen LogP contribution is -2.17. The maximum absolute atomic E-state index is 4.43. The number of nitrogens with zero attached hydrogens (tertiary/aromatic N) is 4. The second-order valence-corrected chi connectivity index (χ2v) is 4.82. The van der Waals surface area contributed by atoms with Gasteiger partial charge in [-0.1, -0.05) is 0 Å².